The average molecular weight is 314 g/mol. The van der Waals surface area contributed by atoms with Crippen molar-refractivity contribution < 1.29 is 9.53 Å². The van der Waals surface area contributed by atoms with Gasteiger partial charge in [0.05, 0.1) is 18.5 Å². The predicted octanol–water partition coefficient (Wildman–Crippen LogP) is 2.60. The number of hydrogen-bond donors (Lipinski definition) is 1. The van der Waals surface area contributed by atoms with Crippen molar-refractivity contribution in [2.45, 2.75) is 25.7 Å². The predicted molar refractivity (Wildman–Crippen MR) is 90.7 cm³/mol. The Morgan fingerprint density at radius 3 is 2.87 bits per heavy atom. The summed E-state index contributed by atoms with van der Waals surface area (Å²) in [6.45, 7) is 2.50. The zero-order valence-electron chi connectivity index (χ0n) is 13.4. The lowest BCUT2D eigenvalue weighted by Gasteiger charge is -2.28. The van der Waals surface area contributed by atoms with E-state index < -0.39 is 0 Å². The number of fused-ring (bicyclic) bond motifs is 1. The largest absolute Gasteiger partial charge is 0.384 e. The standard InChI is InChI=1S/C17H22N4O2/c1-23-10-7-16(22)20-13-5-6-14-15(11-13)18-12-19-17(14)21-8-3-2-4-9-21/h5-6,11-12H,2-4,7-10H2,1H3,(H,20,22). The van der Waals surface area contributed by atoms with Gasteiger partial charge in [-0.05, 0) is 37.5 Å². The number of amides is 1. The van der Waals surface area contributed by atoms with E-state index in [1.807, 2.05) is 18.2 Å². The van der Waals surface area contributed by atoms with Gasteiger partial charge >= 0.3 is 0 Å². The molecule has 1 N–H and O–H groups in total. The van der Waals surface area contributed by atoms with E-state index in [9.17, 15) is 4.79 Å². The van der Waals surface area contributed by atoms with Crippen LogP contribution in [0.4, 0.5) is 11.5 Å². The van der Waals surface area contributed by atoms with Gasteiger partial charge in [-0.3, -0.25) is 4.79 Å². The summed E-state index contributed by atoms with van der Waals surface area (Å²) in [7, 11) is 1.59. The molecule has 1 amide bonds. The fourth-order valence-electron chi connectivity index (χ4n) is 2.90. The van der Waals surface area contributed by atoms with Crippen LogP contribution in [0.1, 0.15) is 25.7 Å². The highest BCUT2D eigenvalue weighted by molar-refractivity contribution is 5.96. The molecule has 1 fully saturated rings. The maximum Gasteiger partial charge on any atom is 0.226 e. The Bertz CT molecular complexity index is 683. The first-order valence-corrected chi connectivity index (χ1v) is 8.06. The van der Waals surface area contributed by atoms with E-state index in [1.165, 1.54) is 19.3 Å². The first kappa shape index (κ1) is 15.7. The van der Waals surface area contributed by atoms with Gasteiger partial charge in [0.1, 0.15) is 12.1 Å². The third-order valence-corrected chi connectivity index (χ3v) is 4.09. The monoisotopic (exact) mass is 314 g/mol. The van der Waals surface area contributed by atoms with E-state index in [0.717, 1.165) is 35.5 Å². The molecule has 1 aromatic heterocycles. The zero-order valence-corrected chi connectivity index (χ0v) is 13.4. The molecule has 0 atom stereocenters. The molecular formula is C17H22N4O2. The smallest absolute Gasteiger partial charge is 0.226 e. The van der Waals surface area contributed by atoms with E-state index in [1.54, 1.807) is 13.4 Å². The quantitative estimate of drug-likeness (QED) is 0.919. The molecule has 3 rings (SSSR count). The minimum Gasteiger partial charge on any atom is -0.384 e. The van der Waals surface area contributed by atoms with Crippen molar-refractivity contribution in [3.05, 3.63) is 24.5 Å². The summed E-state index contributed by atoms with van der Waals surface area (Å²) in [4.78, 5) is 22.9. The van der Waals surface area contributed by atoms with Crippen LogP contribution in [0.3, 0.4) is 0 Å². The molecule has 2 heterocycles. The second-order valence-electron chi connectivity index (χ2n) is 5.77. The number of aromatic nitrogens is 2. The minimum atomic E-state index is -0.0588. The van der Waals surface area contributed by atoms with Crippen LogP contribution in [0.15, 0.2) is 24.5 Å². The molecular weight excluding hydrogens is 292 g/mol. The van der Waals surface area contributed by atoms with Crippen molar-refractivity contribution in [3.63, 3.8) is 0 Å². The number of piperidine rings is 1. The highest BCUT2D eigenvalue weighted by Crippen LogP contribution is 2.27. The number of nitrogens with zero attached hydrogens (tertiary/aromatic N) is 3. The summed E-state index contributed by atoms with van der Waals surface area (Å²) in [5.41, 5.74) is 1.60. The van der Waals surface area contributed by atoms with Gasteiger partial charge in [0.25, 0.3) is 0 Å². The second kappa shape index (κ2) is 7.37. The molecule has 23 heavy (non-hydrogen) atoms. The molecule has 0 aliphatic carbocycles. The summed E-state index contributed by atoms with van der Waals surface area (Å²) in [5, 5.41) is 3.91. The van der Waals surface area contributed by atoms with Crippen LogP contribution in [0, 0.1) is 0 Å². The SMILES string of the molecule is COCCC(=O)Nc1ccc2c(N3CCCCC3)ncnc2c1. The lowest BCUT2D eigenvalue weighted by atomic mass is 10.1. The van der Waals surface area contributed by atoms with Gasteiger partial charge < -0.3 is 15.0 Å². The maximum absolute atomic E-state index is 11.8. The minimum absolute atomic E-state index is 0.0588. The summed E-state index contributed by atoms with van der Waals surface area (Å²) in [5.74, 6) is 0.934. The third-order valence-electron chi connectivity index (χ3n) is 4.09. The summed E-state index contributed by atoms with van der Waals surface area (Å²) >= 11 is 0. The molecule has 6 heteroatoms. The molecule has 122 valence electrons. The number of rotatable bonds is 5. The van der Waals surface area contributed by atoms with Gasteiger partial charge in [-0.15, -0.1) is 0 Å². The molecule has 0 spiro atoms. The first-order chi connectivity index (χ1) is 11.3. The Morgan fingerprint density at radius 2 is 2.09 bits per heavy atom. The number of carbonyl (C=O) groups is 1. The fourth-order valence-corrected chi connectivity index (χ4v) is 2.90. The fraction of sp³-hybridized carbons (Fsp3) is 0.471. The molecule has 1 aromatic carbocycles. The Balaban J connectivity index is 1.82. The lowest BCUT2D eigenvalue weighted by Crippen LogP contribution is -2.30. The molecule has 6 nitrogen and oxygen atoms in total. The van der Waals surface area contributed by atoms with Crippen LogP contribution in [0.2, 0.25) is 0 Å². The second-order valence-corrected chi connectivity index (χ2v) is 5.77. The average Bonchev–Trinajstić information content (AvgIpc) is 2.60. The molecule has 2 aromatic rings. The van der Waals surface area contributed by atoms with Crippen LogP contribution in [0.25, 0.3) is 10.9 Å². The maximum atomic E-state index is 11.8. The zero-order chi connectivity index (χ0) is 16.1. The highest BCUT2D eigenvalue weighted by Gasteiger charge is 2.15. The van der Waals surface area contributed by atoms with Gasteiger partial charge in [0, 0.05) is 31.3 Å². The number of benzene rings is 1. The third kappa shape index (κ3) is 3.76. The summed E-state index contributed by atoms with van der Waals surface area (Å²) in [6, 6.07) is 5.80. The van der Waals surface area contributed by atoms with E-state index in [-0.39, 0.29) is 5.91 Å². The topological polar surface area (TPSA) is 67.3 Å². The van der Waals surface area contributed by atoms with E-state index in [2.05, 4.69) is 20.2 Å². The van der Waals surface area contributed by atoms with Crippen molar-refractivity contribution >= 4 is 28.3 Å². The molecule has 1 aliphatic heterocycles. The number of methoxy groups -OCH3 is 1. The number of anilines is 2. The summed E-state index contributed by atoms with van der Waals surface area (Å²) < 4.78 is 4.92. The van der Waals surface area contributed by atoms with Gasteiger partial charge in [-0.2, -0.15) is 0 Å². The number of nitrogens with one attached hydrogen (secondary N) is 1. The van der Waals surface area contributed by atoms with Crippen molar-refractivity contribution in [2.24, 2.45) is 0 Å². The normalized spacial score (nSPS) is 14.9. The Labute approximate surface area is 135 Å². The van der Waals surface area contributed by atoms with Gasteiger partial charge in [0.15, 0.2) is 0 Å². The van der Waals surface area contributed by atoms with Crippen LogP contribution in [-0.2, 0) is 9.53 Å². The number of ether oxygens (including phenoxy) is 1. The number of carbonyl (C=O) groups excluding carboxylic acids is 1. The number of hydrogen-bond acceptors (Lipinski definition) is 5. The van der Waals surface area contributed by atoms with Crippen molar-refractivity contribution in [1.29, 1.82) is 0 Å². The van der Waals surface area contributed by atoms with Crippen molar-refractivity contribution in [3.8, 4) is 0 Å². The lowest BCUT2D eigenvalue weighted by molar-refractivity contribution is -0.117. The van der Waals surface area contributed by atoms with Crippen molar-refractivity contribution in [1.82, 2.24) is 9.97 Å². The molecule has 0 unspecified atom stereocenters. The van der Waals surface area contributed by atoms with E-state index in [4.69, 9.17) is 4.74 Å². The molecule has 1 saturated heterocycles. The molecule has 0 bridgehead atoms. The van der Waals surface area contributed by atoms with E-state index in [0.29, 0.717) is 13.0 Å². The molecule has 0 saturated carbocycles. The summed E-state index contributed by atoms with van der Waals surface area (Å²) in [6.07, 6.45) is 5.65. The highest BCUT2D eigenvalue weighted by atomic mass is 16.5. The van der Waals surface area contributed by atoms with Crippen LogP contribution < -0.4 is 10.2 Å². The molecule has 1 aliphatic rings. The first-order valence-electron chi connectivity index (χ1n) is 8.06. The van der Waals surface area contributed by atoms with Crippen LogP contribution in [-0.4, -0.2) is 42.7 Å². The van der Waals surface area contributed by atoms with E-state index >= 15 is 0 Å². The van der Waals surface area contributed by atoms with Crippen LogP contribution in [0.5, 0.6) is 0 Å². The van der Waals surface area contributed by atoms with Gasteiger partial charge in [-0.1, -0.05) is 0 Å². The Morgan fingerprint density at radius 1 is 1.26 bits per heavy atom. The van der Waals surface area contributed by atoms with Crippen molar-refractivity contribution in [2.75, 3.05) is 37.0 Å². The van der Waals surface area contributed by atoms with Gasteiger partial charge in [-0.25, -0.2) is 9.97 Å². The molecule has 0 radical (unpaired) electrons. The van der Waals surface area contributed by atoms with Crippen LogP contribution >= 0.6 is 0 Å². The Hall–Kier alpha value is -2.21. The Kier molecular flexibility index (Phi) is 5.02. The van der Waals surface area contributed by atoms with Gasteiger partial charge in [0.2, 0.25) is 5.91 Å².